The predicted octanol–water partition coefficient (Wildman–Crippen LogP) is 4.29. The van der Waals surface area contributed by atoms with Crippen molar-refractivity contribution in [2.45, 2.75) is 49.3 Å². The van der Waals surface area contributed by atoms with Crippen LogP contribution in [0, 0.1) is 40.2 Å². The number of ether oxygens (including phenoxy) is 2. The van der Waals surface area contributed by atoms with Crippen molar-refractivity contribution in [1.82, 2.24) is 29.7 Å². The first-order chi connectivity index (χ1) is 24.6. The molecular weight excluding hydrogens is 667 g/mol. The van der Waals surface area contributed by atoms with Crippen LogP contribution in [0.1, 0.15) is 25.7 Å². The number of nitriles is 2. The van der Waals surface area contributed by atoms with Gasteiger partial charge in [-0.2, -0.15) is 20.5 Å². The Kier molecular flexibility index (Phi) is 7.87. The summed E-state index contributed by atoms with van der Waals surface area (Å²) >= 11 is 0. The van der Waals surface area contributed by atoms with Crippen LogP contribution in [0.2, 0.25) is 0 Å². The number of piperazine rings is 1. The minimum absolute atomic E-state index is 0.00574. The van der Waals surface area contributed by atoms with Gasteiger partial charge >= 0.3 is 12.1 Å². The van der Waals surface area contributed by atoms with Crippen molar-refractivity contribution in [3.05, 3.63) is 47.9 Å². The molecule has 0 aliphatic carbocycles. The van der Waals surface area contributed by atoms with Gasteiger partial charge in [0.2, 0.25) is 0 Å². The number of rotatable bonds is 6. The molecule has 4 atom stereocenters. The third-order valence-electron chi connectivity index (χ3n) is 10.8. The molecule has 2 aromatic carbocycles. The molecule has 6 heterocycles. The van der Waals surface area contributed by atoms with E-state index in [4.69, 9.17) is 14.5 Å². The molecule has 0 saturated carbocycles. The Morgan fingerprint density at radius 3 is 2.76 bits per heavy atom. The minimum Gasteiger partial charge on any atom is -0.508 e. The lowest BCUT2D eigenvalue weighted by Gasteiger charge is -2.38. The minimum atomic E-state index is -1.22. The maximum absolute atomic E-state index is 16.8. The molecule has 4 saturated heterocycles. The van der Waals surface area contributed by atoms with Crippen LogP contribution < -0.4 is 9.64 Å². The number of carbonyl (C=O) groups is 1. The first-order valence-electron chi connectivity index (χ1n) is 16.7. The van der Waals surface area contributed by atoms with Gasteiger partial charge in [-0.1, -0.05) is 6.07 Å². The smallest absolute Gasteiger partial charge is 0.409 e. The lowest BCUT2D eigenvalue weighted by Crippen LogP contribution is -2.54. The third-order valence-corrected chi connectivity index (χ3v) is 10.8. The lowest BCUT2D eigenvalue weighted by molar-refractivity contribution is 0.00982. The number of anilines is 1. The summed E-state index contributed by atoms with van der Waals surface area (Å²) in [5.74, 6) is -3.36. The number of benzene rings is 2. The molecule has 1 N–H and O–H groups in total. The summed E-state index contributed by atoms with van der Waals surface area (Å²) in [7, 11) is 1.73. The van der Waals surface area contributed by atoms with Crippen LogP contribution in [-0.2, 0) is 4.74 Å². The number of amides is 1. The molecule has 262 valence electrons. The Labute approximate surface area is 290 Å². The second-order valence-corrected chi connectivity index (χ2v) is 13.6. The average molecular weight is 700 g/mol. The zero-order valence-corrected chi connectivity index (χ0v) is 27.5. The Morgan fingerprint density at radius 2 is 1.96 bits per heavy atom. The number of phenols is 1. The van der Waals surface area contributed by atoms with Crippen LogP contribution >= 0.6 is 0 Å². The number of halogens is 3. The van der Waals surface area contributed by atoms with Crippen LogP contribution in [-0.4, -0.2) is 111 Å². The third kappa shape index (κ3) is 5.24. The summed E-state index contributed by atoms with van der Waals surface area (Å²) in [6.45, 7) is 2.04. The maximum atomic E-state index is 16.8. The number of cyclic esters (lactones) is 1. The number of likely N-dealkylation sites (N-methyl/N-ethyl adjacent to an activating group) is 1. The highest BCUT2D eigenvalue weighted by atomic mass is 19.2. The van der Waals surface area contributed by atoms with Crippen LogP contribution in [0.5, 0.6) is 11.8 Å². The summed E-state index contributed by atoms with van der Waals surface area (Å²) in [6, 6.07) is 6.03. The fourth-order valence-electron chi connectivity index (χ4n) is 8.37. The van der Waals surface area contributed by atoms with Crippen LogP contribution in [0.15, 0.2) is 30.5 Å². The fourth-order valence-corrected chi connectivity index (χ4v) is 8.37. The quantitative estimate of drug-likeness (QED) is 0.286. The normalized spacial score (nSPS) is 24.7. The molecule has 4 aromatic rings. The van der Waals surface area contributed by atoms with Gasteiger partial charge in [0.05, 0.1) is 41.5 Å². The Bertz CT molecular complexity index is 2180. The van der Waals surface area contributed by atoms with E-state index in [-0.39, 0.29) is 101 Å². The maximum Gasteiger partial charge on any atom is 0.409 e. The molecule has 0 radical (unpaired) electrons. The van der Waals surface area contributed by atoms with Crippen LogP contribution in [0.25, 0.3) is 32.9 Å². The van der Waals surface area contributed by atoms with Gasteiger partial charge in [-0.25, -0.2) is 18.0 Å². The monoisotopic (exact) mass is 699 g/mol. The van der Waals surface area contributed by atoms with Crippen molar-refractivity contribution in [3.63, 3.8) is 0 Å². The standard InChI is InChI=1S/C35H32F3N9O4/c1-44-25-13-35(6-2-8-47(35)26(25)16-50-34(44)49)17-51-33-42-31-23(32(43-33)45-9-10-46(18-40)20(15-45)5-7-39)14-41-30(29(31)38)22-12-21(48)11-19-3-4-24(36)28(37)27(19)22/h3-4,11-12,14,20,25-26,48H,2,5-6,8-10,13,15-17H2,1H3/t20-,25?,26?,35?/m0/s1. The highest BCUT2D eigenvalue weighted by Crippen LogP contribution is 2.46. The number of aromatic nitrogens is 3. The van der Waals surface area contributed by atoms with Gasteiger partial charge in [0.25, 0.3) is 0 Å². The van der Waals surface area contributed by atoms with E-state index in [0.717, 1.165) is 31.5 Å². The Balaban J connectivity index is 1.23. The number of carbonyl (C=O) groups excluding carboxylic acids is 1. The number of hydrogen-bond donors (Lipinski definition) is 1. The SMILES string of the molecule is CN1C(=O)OCC2C1CC1(COc3nc(N4CCN(C#N)[C@@H](CC#N)C4)c4cnc(-c5cc(O)cc6ccc(F)c(F)c56)c(F)c4n3)CCCN21. The molecule has 51 heavy (non-hydrogen) atoms. The van der Waals surface area contributed by atoms with Crippen molar-refractivity contribution < 1.29 is 32.5 Å². The molecule has 2 aromatic heterocycles. The van der Waals surface area contributed by atoms with E-state index in [2.05, 4.69) is 27.1 Å². The second kappa shape index (κ2) is 12.3. The molecule has 3 unspecified atom stereocenters. The van der Waals surface area contributed by atoms with E-state index in [0.29, 0.717) is 13.0 Å². The second-order valence-electron chi connectivity index (χ2n) is 13.6. The van der Waals surface area contributed by atoms with E-state index in [1.807, 2.05) is 4.90 Å². The highest BCUT2D eigenvalue weighted by molar-refractivity contribution is 6.00. The van der Waals surface area contributed by atoms with Crippen molar-refractivity contribution in [2.75, 3.05) is 51.3 Å². The molecule has 4 fully saturated rings. The average Bonchev–Trinajstić information content (AvgIpc) is 3.67. The number of aromatic hydroxyl groups is 1. The zero-order chi connectivity index (χ0) is 35.6. The zero-order valence-electron chi connectivity index (χ0n) is 27.5. The summed E-state index contributed by atoms with van der Waals surface area (Å²) in [5, 5.41) is 29.7. The number of pyridine rings is 1. The number of nitrogens with zero attached hydrogens (tertiary/aromatic N) is 9. The van der Waals surface area contributed by atoms with Crippen LogP contribution in [0.3, 0.4) is 0 Å². The molecule has 13 nitrogen and oxygen atoms in total. The van der Waals surface area contributed by atoms with Gasteiger partial charge in [-0.15, -0.1) is 0 Å². The summed E-state index contributed by atoms with van der Waals surface area (Å²) in [5.41, 5.74) is -1.19. The van der Waals surface area contributed by atoms with E-state index >= 15 is 8.78 Å². The van der Waals surface area contributed by atoms with E-state index in [9.17, 15) is 24.8 Å². The Morgan fingerprint density at radius 1 is 1.12 bits per heavy atom. The van der Waals surface area contributed by atoms with Gasteiger partial charge in [-0.05, 0) is 49.4 Å². The molecular formula is C35H32F3N9O4. The molecule has 8 rings (SSSR count). The highest BCUT2D eigenvalue weighted by Gasteiger charge is 2.58. The van der Waals surface area contributed by atoms with Crippen molar-refractivity contribution in [1.29, 1.82) is 10.5 Å². The first kappa shape index (κ1) is 32.6. The summed E-state index contributed by atoms with van der Waals surface area (Å²) < 4.78 is 58.3. The predicted molar refractivity (Wildman–Crippen MR) is 176 cm³/mol. The van der Waals surface area contributed by atoms with Crippen molar-refractivity contribution >= 4 is 33.6 Å². The summed E-state index contributed by atoms with van der Waals surface area (Å²) in [4.78, 5) is 33.2. The molecule has 4 aliphatic rings. The largest absolute Gasteiger partial charge is 0.508 e. The van der Waals surface area contributed by atoms with Gasteiger partial charge in [-0.3, -0.25) is 9.88 Å². The van der Waals surface area contributed by atoms with E-state index in [1.54, 1.807) is 11.9 Å². The van der Waals surface area contributed by atoms with E-state index < -0.39 is 29.0 Å². The summed E-state index contributed by atoms with van der Waals surface area (Å²) in [6.07, 6.45) is 5.52. The van der Waals surface area contributed by atoms with Gasteiger partial charge in [0, 0.05) is 43.8 Å². The van der Waals surface area contributed by atoms with Gasteiger partial charge < -0.3 is 29.3 Å². The molecule has 0 spiro atoms. The first-order valence-corrected chi connectivity index (χ1v) is 16.7. The Hall–Kier alpha value is -5.61. The molecule has 16 heteroatoms. The fraction of sp³-hybridized carbons (Fsp3) is 0.429. The molecule has 1 amide bonds. The van der Waals surface area contributed by atoms with Gasteiger partial charge in [0.1, 0.15) is 36.0 Å². The van der Waals surface area contributed by atoms with Crippen molar-refractivity contribution in [2.24, 2.45) is 0 Å². The molecule has 0 bridgehead atoms. The topological polar surface area (TPSA) is 155 Å². The van der Waals surface area contributed by atoms with Crippen LogP contribution in [0.4, 0.5) is 23.8 Å². The number of phenolic OH excluding ortho intramolecular Hbond substituents is 1. The molecule has 4 aliphatic heterocycles. The van der Waals surface area contributed by atoms with E-state index in [1.165, 1.54) is 23.2 Å². The lowest BCUT2D eigenvalue weighted by atomic mass is 9.92. The van der Waals surface area contributed by atoms with Crippen molar-refractivity contribution in [3.8, 4) is 35.3 Å². The number of hydrogen-bond acceptors (Lipinski definition) is 12. The van der Waals surface area contributed by atoms with Gasteiger partial charge in [0.15, 0.2) is 23.6 Å². The number of fused-ring (bicyclic) bond motifs is 5.